The lowest BCUT2D eigenvalue weighted by molar-refractivity contribution is -0.144. The van der Waals surface area contributed by atoms with Crippen molar-refractivity contribution in [1.82, 2.24) is 4.98 Å². The second-order valence-corrected chi connectivity index (χ2v) is 5.90. The van der Waals surface area contributed by atoms with Crippen LogP contribution in [0.2, 0.25) is 0 Å². The van der Waals surface area contributed by atoms with Crippen molar-refractivity contribution >= 4 is 16.9 Å². The number of benzene rings is 2. The number of carboxylic acid groups (broad SMARTS) is 1. The quantitative estimate of drug-likeness (QED) is 0.775. The molecule has 0 amide bonds. The molecule has 0 radical (unpaired) electrons. The number of ether oxygens (including phenoxy) is 1. The highest BCUT2D eigenvalue weighted by atomic mass is 16.5. The first-order valence-electron chi connectivity index (χ1n) is 7.82. The minimum Gasteiger partial charge on any atom is -0.479 e. The van der Waals surface area contributed by atoms with E-state index in [2.05, 4.69) is 30.1 Å². The van der Waals surface area contributed by atoms with E-state index in [9.17, 15) is 4.79 Å². The van der Waals surface area contributed by atoms with E-state index >= 15 is 0 Å². The highest BCUT2D eigenvalue weighted by Gasteiger charge is 2.14. The minimum atomic E-state index is -0.993. The molecule has 0 saturated carbocycles. The van der Waals surface area contributed by atoms with Crippen molar-refractivity contribution in [3.63, 3.8) is 0 Å². The summed E-state index contributed by atoms with van der Waals surface area (Å²) < 4.78 is 5.45. The second-order valence-electron chi connectivity index (χ2n) is 5.90. The summed E-state index contributed by atoms with van der Waals surface area (Å²) in [6.45, 7) is 5.55. The summed E-state index contributed by atoms with van der Waals surface area (Å²) in [5.74, 6) is -0.487. The van der Waals surface area contributed by atoms with Gasteiger partial charge in [0.1, 0.15) is 5.75 Å². The lowest BCUT2D eigenvalue weighted by atomic mass is 9.96. The molecular formula is C20H19NO3. The smallest absolute Gasteiger partial charge is 0.344 e. The van der Waals surface area contributed by atoms with Crippen molar-refractivity contribution in [3.8, 4) is 16.9 Å². The fourth-order valence-electron chi connectivity index (χ4n) is 2.77. The maximum absolute atomic E-state index is 11.0. The molecule has 3 rings (SSSR count). The number of nitrogens with zero attached hydrogens (tertiary/aromatic N) is 1. The fourth-order valence-corrected chi connectivity index (χ4v) is 2.77. The van der Waals surface area contributed by atoms with Gasteiger partial charge in [-0.3, -0.25) is 4.98 Å². The Bertz CT molecular complexity index is 918. The monoisotopic (exact) mass is 321 g/mol. The molecular weight excluding hydrogens is 302 g/mol. The predicted octanol–water partition coefficient (Wildman–Crippen LogP) is 4.37. The Morgan fingerprint density at radius 2 is 1.83 bits per heavy atom. The Kier molecular flexibility index (Phi) is 4.21. The van der Waals surface area contributed by atoms with Crippen LogP contribution in [-0.4, -0.2) is 22.2 Å². The molecule has 0 saturated heterocycles. The van der Waals surface area contributed by atoms with Gasteiger partial charge in [-0.05, 0) is 55.7 Å². The molecule has 1 atom stereocenters. The Hall–Kier alpha value is -2.88. The maximum Gasteiger partial charge on any atom is 0.344 e. The van der Waals surface area contributed by atoms with E-state index < -0.39 is 12.1 Å². The van der Waals surface area contributed by atoms with Gasteiger partial charge in [-0.15, -0.1) is 0 Å². The lowest BCUT2D eigenvalue weighted by Crippen LogP contribution is -2.22. The average Bonchev–Trinajstić information content (AvgIpc) is 2.54. The van der Waals surface area contributed by atoms with E-state index in [1.165, 1.54) is 18.1 Å². The molecule has 24 heavy (non-hydrogen) atoms. The molecule has 4 heteroatoms. The number of pyridine rings is 1. The van der Waals surface area contributed by atoms with Gasteiger partial charge >= 0.3 is 5.97 Å². The normalized spacial score (nSPS) is 12.1. The average molecular weight is 321 g/mol. The molecule has 0 aliphatic rings. The van der Waals surface area contributed by atoms with Crippen LogP contribution in [0.1, 0.15) is 18.2 Å². The Balaban J connectivity index is 2.13. The Morgan fingerprint density at radius 3 is 2.54 bits per heavy atom. The first-order chi connectivity index (χ1) is 11.5. The van der Waals surface area contributed by atoms with Gasteiger partial charge in [0, 0.05) is 17.1 Å². The largest absolute Gasteiger partial charge is 0.479 e. The summed E-state index contributed by atoms with van der Waals surface area (Å²) in [5.41, 5.74) is 5.19. The van der Waals surface area contributed by atoms with Gasteiger partial charge < -0.3 is 9.84 Å². The van der Waals surface area contributed by atoms with Crippen LogP contribution >= 0.6 is 0 Å². The van der Waals surface area contributed by atoms with E-state index in [4.69, 9.17) is 9.84 Å². The summed E-state index contributed by atoms with van der Waals surface area (Å²) in [4.78, 5) is 15.5. The van der Waals surface area contributed by atoms with Gasteiger partial charge in [-0.1, -0.05) is 24.3 Å². The lowest BCUT2D eigenvalue weighted by Gasteiger charge is -2.14. The predicted molar refractivity (Wildman–Crippen MR) is 94.4 cm³/mol. The summed E-state index contributed by atoms with van der Waals surface area (Å²) in [7, 11) is 0. The molecule has 1 heterocycles. The molecule has 0 spiro atoms. The van der Waals surface area contributed by atoms with E-state index in [0.29, 0.717) is 5.75 Å². The Labute approximate surface area is 140 Å². The summed E-state index contributed by atoms with van der Waals surface area (Å²) in [6.07, 6.45) is -0.900. The van der Waals surface area contributed by atoms with Gasteiger partial charge in [0.25, 0.3) is 0 Å². The number of carboxylic acids is 1. The highest BCUT2D eigenvalue weighted by Crippen LogP contribution is 2.32. The molecule has 2 aromatic carbocycles. The van der Waals surface area contributed by atoms with Gasteiger partial charge in [-0.25, -0.2) is 4.79 Å². The fraction of sp³-hybridized carbons (Fsp3) is 0.200. The highest BCUT2D eigenvalue weighted by molar-refractivity contribution is 5.96. The van der Waals surface area contributed by atoms with E-state index in [1.54, 1.807) is 12.1 Å². The topological polar surface area (TPSA) is 59.4 Å². The number of aliphatic carboxylic acids is 1. The van der Waals surface area contributed by atoms with Crippen LogP contribution in [0.3, 0.4) is 0 Å². The van der Waals surface area contributed by atoms with Crippen molar-refractivity contribution in [2.45, 2.75) is 26.9 Å². The van der Waals surface area contributed by atoms with Crippen LogP contribution in [0, 0.1) is 13.8 Å². The van der Waals surface area contributed by atoms with Crippen molar-refractivity contribution in [2.24, 2.45) is 0 Å². The standard InChI is InChI=1S/C20H19NO3/c1-12-6-4-5-7-16(12)18-10-13(2)21-19-11-15(8-9-17(18)19)24-14(3)20(22)23/h4-11,14H,1-3H3,(H,22,23). The van der Waals surface area contributed by atoms with Crippen LogP contribution in [-0.2, 0) is 4.79 Å². The van der Waals surface area contributed by atoms with E-state index in [1.807, 2.05) is 25.1 Å². The zero-order valence-corrected chi connectivity index (χ0v) is 13.9. The van der Waals surface area contributed by atoms with Crippen LogP contribution in [0.5, 0.6) is 5.75 Å². The van der Waals surface area contributed by atoms with E-state index in [0.717, 1.165) is 22.2 Å². The third kappa shape index (κ3) is 3.08. The van der Waals surface area contributed by atoms with Crippen molar-refractivity contribution < 1.29 is 14.6 Å². The molecule has 1 aromatic heterocycles. The second kappa shape index (κ2) is 6.32. The molecule has 3 aromatic rings. The first-order valence-corrected chi connectivity index (χ1v) is 7.82. The molecule has 0 aliphatic carbocycles. The maximum atomic E-state index is 11.0. The van der Waals surface area contributed by atoms with Gasteiger partial charge in [0.15, 0.2) is 6.10 Å². The number of fused-ring (bicyclic) bond motifs is 1. The van der Waals surface area contributed by atoms with E-state index in [-0.39, 0.29) is 0 Å². The van der Waals surface area contributed by atoms with Crippen molar-refractivity contribution in [1.29, 1.82) is 0 Å². The number of hydrogen-bond acceptors (Lipinski definition) is 3. The van der Waals surface area contributed by atoms with Crippen LogP contribution in [0.25, 0.3) is 22.0 Å². The molecule has 0 fully saturated rings. The number of aryl methyl sites for hydroxylation is 2. The first kappa shape index (κ1) is 16.0. The van der Waals surface area contributed by atoms with Gasteiger partial charge in [0.2, 0.25) is 0 Å². The molecule has 1 N–H and O–H groups in total. The van der Waals surface area contributed by atoms with Crippen LogP contribution in [0.4, 0.5) is 0 Å². The molecule has 4 nitrogen and oxygen atoms in total. The van der Waals surface area contributed by atoms with Crippen LogP contribution < -0.4 is 4.74 Å². The Morgan fingerprint density at radius 1 is 1.08 bits per heavy atom. The zero-order valence-electron chi connectivity index (χ0n) is 13.9. The molecule has 0 aliphatic heterocycles. The summed E-state index contributed by atoms with van der Waals surface area (Å²) in [5, 5.41) is 10.0. The number of aromatic nitrogens is 1. The van der Waals surface area contributed by atoms with Crippen LogP contribution in [0.15, 0.2) is 48.5 Å². The van der Waals surface area contributed by atoms with Gasteiger partial charge in [-0.2, -0.15) is 0 Å². The molecule has 0 bridgehead atoms. The third-order valence-electron chi connectivity index (χ3n) is 4.01. The molecule has 122 valence electrons. The van der Waals surface area contributed by atoms with Gasteiger partial charge in [0.05, 0.1) is 5.52 Å². The number of carbonyl (C=O) groups is 1. The number of rotatable bonds is 4. The van der Waals surface area contributed by atoms with Crippen molar-refractivity contribution in [2.75, 3.05) is 0 Å². The minimum absolute atomic E-state index is 0.506. The summed E-state index contributed by atoms with van der Waals surface area (Å²) in [6, 6.07) is 15.8. The van der Waals surface area contributed by atoms with Crippen molar-refractivity contribution in [3.05, 3.63) is 59.8 Å². The zero-order chi connectivity index (χ0) is 17.3. The summed E-state index contributed by atoms with van der Waals surface area (Å²) >= 11 is 0. The third-order valence-corrected chi connectivity index (χ3v) is 4.01. The molecule has 1 unspecified atom stereocenters. The number of hydrogen-bond donors (Lipinski definition) is 1. The SMILES string of the molecule is Cc1cc(-c2ccccc2C)c2ccc(OC(C)C(=O)O)cc2n1.